The summed E-state index contributed by atoms with van der Waals surface area (Å²) in [5, 5.41) is 10.3. The number of anilines is 1. The Kier molecular flexibility index (Phi) is 4.80. The number of amides is 2. The topological polar surface area (TPSA) is 74.7 Å². The van der Waals surface area contributed by atoms with Crippen molar-refractivity contribution in [1.82, 2.24) is 0 Å². The fourth-order valence-corrected chi connectivity index (χ4v) is 9.79. The van der Waals surface area contributed by atoms with Crippen LogP contribution in [0.3, 0.4) is 0 Å². The zero-order valence-corrected chi connectivity index (χ0v) is 21.3. The normalized spacial score (nSPS) is 44.1. The number of hydrogen-bond donors (Lipinski definition) is 1. The number of imide groups is 1. The van der Waals surface area contributed by atoms with Gasteiger partial charge in [0.25, 0.3) is 0 Å². The molecule has 4 fully saturated rings. The molecule has 0 aromatic heterocycles. The van der Waals surface area contributed by atoms with Gasteiger partial charge in [0.15, 0.2) is 0 Å². The fraction of sp³-hybridized carbons (Fsp3) is 0.633. The number of benzene rings is 1. The fourth-order valence-electron chi connectivity index (χ4n) is 9.79. The molecule has 7 rings (SSSR count). The number of allylic oxidation sites excluding steroid dienone is 2. The summed E-state index contributed by atoms with van der Waals surface area (Å²) in [6, 6.07) is 9.39. The van der Waals surface area contributed by atoms with Crippen LogP contribution in [0.4, 0.5) is 5.69 Å². The van der Waals surface area contributed by atoms with Crippen LogP contribution in [0.5, 0.6) is 0 Å². The van der Waals surface area contributed by atoms with E-state index in [1.807, 2.05) is 37.3 Å². The Morgan fingerprint density at radius 3 is 2.40 bits per heavy atom. The minimum absolute atomic E-state index is 0.0356. The lowest BCUT2D eigenvalue weighted by atomic mass is 9.34. The van der Waals surface area contributed by atoms with E-state index in [-0.39, 0.29) is 52.2 Å². The van der Waals surface area contributed by atoms with Gasteiger partial charge in [0.1, 0.15) is 0 Å². The Bertz CT molecular complexity index is 1140. The van der Waals surface area contributed by atoms with E-state index < -0.39 is 11.4 Å². The Hall–Kier alpha value is -2.43. The third-order valence-corrected chi connectivity index (χ3v) is 11.2. The van der Waals surface area contributed by atoms with E-state index in [1.165, 1.54) is 10.5 Å². The zero-order chi connectivity index (χ0) is 24.9. The molecule has 0 radical (unpaired) electrons. The Morgan fingerprint density at radius 2 is 1.74 bits per heavy atom. The van der Waals surface area contributed by atoms with E-state index in [9.17, 15) is 19.5 Å². The molecule has 2 amide bonds. The second-order valence-corrected chi connectivity index (χ2v) is 12.8. The van der Waals surface area contributed by atoms with Crippen LogP contribution in [0.15, 0.2) is 42.0 Å². The van der Waals surface area contributed by atoms with Gasteiger partial charge in [0, 0.05) is 5.41 Å². The minimum atomic E-state index is -0.721. The highest BCUT2D eigenvalue weighted by Crippen LogP contribution is 2.74. The maximum absolute atomic E-state index is 14.1. The number of carbonyl (C=O) groups is 3. The average molecular weight is 476 g/mol. The molecule has 1 aromatic rings. The number of carbonyl (C=O) groups excluding carboxylic acids is 2. The molecule has 1 saturated heterocycles. The molecular weight excluding hydrogens is 438 g/mol. The van der Waals surface area contributed by atoms with E-state index in [1.54, 1.807) is 0 Å². The van der Waals surface area contributed by atoms with Crippen molar-refractivity contribution in [2.75, 3.05) is 4.90 Å². The van der Waals surface area contributed by atoms with Crippen molar-refractivity contribution < 1.29 is 19.5 Å². The van der Waals surface area contributed by atoms with Crippen LogP contribution in [0.2, 0.25) is 0 Å². The van der Waals surface area contributed by atoms with Gasteiger partial charge in [-0.25, -0.2) is 0 Å². The second-order valence-electron chi connectivity index (χ2n) is 12.8. The molecule has 1 N–H and O–H groups in total. The smallest absolute Gasteiger partial charge is 0.309 e. The molecule has 0 unspecified atom stereocenters. The summed E-state index contributed by atoms with van der Waals surface area (Å²) in [4.78, 5) is 42.0. The van der Waals surface area contributed by atoms with E-state index in [2.05, 4.69) is 26.8 Å². The molecule has 6 aliphatic rings. The molecule has 5 nitrogen and oxygen atoms in total. The van der Waals surface area contributed by atoms with Gasteiger partial charge in [0.2, 0.25) is 11.8 Å². The van der Waals surface area contributed by atoms with Crippen molar-refractivity contribution in [3.05, 3.63) is 42.0 Å². The van der Waals surface area contributed by atoms with Gasteiger partial charge in [-0.05, 0) is 80.2 Å². The molecule has 2 bridgehead atoms. The lowest BCUT2D eigenvalue weighted by molar-refractivity contribution is -0.194. The zero-order valence-electron chi connectivity index (χ0n) is 21.3. The second kappa shape index (κ2) is 7.30. The number of para-hydroxylation sites is 1. The summed E-state index contributed by atoms with van der Waals surface area (Å²) in [6.07, 6.45) is 7.58. The summed E-state index contributed by atoms with van der Waals surface area (Å²) in [5.41, 5.74) is 0.789. The number of aliphatic carboxylic acids is 1. The maximum atomic E-state index is 14.1. The first-order chi connectivity index (χ1) is 16.6. The monoisotopic (exact) mass is 475 g/mol. The lowest BCUT2D eigenvalue weighted by Gasteiger charge is -2.68. The first-order valence-corrected chi connectivity index (χ1v) is 13.4. The molecule has 1 heterocycles. The predicted molar refractivity (Wildman–Crippen MR) is 133 cm³/mol. The summed E-state index contributed by atoms with van der Waals surface area (Å²) in [7, 11) is 0. The Balaban J connectivity index is 1.50. The number of nitrogens with zero attached hydrogens (tertiary/aromatic N) is 1. The van der Waals surface area contributed by atoms with Crippen LogP contribution in [-0.2, 0) is 14.4 Å². The van der Waals surface area contributed by atoms with Gasteiger partial charge < -0.3 is 5.11 Å². The molecule has 5 heteroatoms. The summed E-state index contributed by atoms with van der Waals surface area (Å²) in [6.45, 7) is 8.69. The van der Waals surface area contributed by atoms with Crippen LogP contribution in [-0.4, -0.2) is 22.9 Å². The van der Waals surface area contributed by atoms with E-state index >= 15 is 0 Å². The first kappa shape index (κ1) is 23.0. The van der Waals surface area contributed by atoms with Crippen molar-refractivity contribution in [3.63, 3.8) is 0 Å². The van der Waals surface area contributed by atoms with Crippen molar-refractivity contribution >= 4 is 23.5 Å². The molecule has 186 valence electrons. The van der Waals surface area contributed by atoms with E-state index in [0.29, 0.717) is 11.6 Å². The van der Waals surface area contributed by atoms with E-state index in [4.69, 9.17) is 0 Å². The molecular formula is C30H37NO4. The molecule has 1 aliphatic heterocycles. The Labute approximate surface area is 208 Å². The van der Waals surface area contributed by atoms with Gasteiger partial charge in [-0.1, -0.05) is 57.0 Å². The van der Waals surface area contributed by atoms with Crippen LogP contribution in [0, 0.1) is 51.8 Å². The van der Waals surface area contributed by atoms with Crippen LogP contribution < -0.4 is 4.90 Å². The largest absolute Gasteiger partial charge is 0.481 e. The SMILES string of the molecule is CC(C)C1=C[C@@]23CC[C@@H]4[C@@](C)(CCC[C@]4(C)C(=O)O)[C@@H]2C[C@@H]1[C@@H]1C(=O)N(c2ccccc2)C(=O)[C@@H]13. The maximum Gasteiger partial charge on any atom is 0.309 e. The minimum Gasteiger partial charge on any atom is -0.481 e. The van der Waals surface area contributed by atoms with Crippen molar-refractivity contribution in [2.45, 2.75) is 66.2 Å². The molecule has 1 aromatic carbocycles. The highest BCUT2D eigenvalue weighted by molar-refractivity contribution is 6.22. The predicted octanol–water partition coefficient (Wildman–Crippen LogP) is 5.70. The number of carboxylic acid groups (broad SMARTS) is 1. The molecule has 5 aliphatic carbocycles. The third kappa shape index (κ3) is 2.73. The molecule has 3 saturated carbocycles. The van der Waals surface area contributed by atoms with Gasteiger partial charge in [-0.15, -0.1) is 0 Å². The third-order valence-electron chi connectivity index (χ3n) is 11.2. The highest BCUT2D eigenvalue weighted by Gasteiger charge is 2.73. The van der Waals surface area contributed by atoms with E-state index in [0.717, 1.165) is 38.5 Å². The number of fused-ring (bicyclic) bond motifs is 1. The number of carboxylic acids is 1. The molecule has 1 spiro atoms. The van der Waals surface area contributed by atoms with Crippen molar-refractivity contribution in [1.29, 1.82) is 0 Å². The van der Waals surface area contributed by atoms with Gasteiger partial charge >= 0.3 is 5.97 Å². The van der Waals surface area contributed by atoms with Crippen molar-refractivity contribution in [3.8, 4) is 0 Å². The van der Waals surface area contributed by atoms with Crippen LogP contribution >= 0.6 is 0 Å². The highest BCUT2D eigenvalue weighted by atomic mass is 16.4. The van der Waals surface area contributed by atoms with Crippen LogP contribution in [0.1, 0.15) is 66.2 Å². The van der Waals surface area contributed by atoms with Gasteiger partial charge in [-0.3, -0.25) is 19.3 Å². The molecule has 8 atom stereocenters. The quantitative estimate of drug-likeness (QED) is 0.449. The standard InChI is InChI=1S/C30H37NO4/c1-17(2)20-16-30-14-11-21-28(3,12-8-13-29(21,4)27(34)35)22(30)15-19(20)23-24(30)26(33)31(25(23)32)18-9-6-5-7-10-18/h5-7,9-10,16-17,19,21-24H,8,11-15H2,1-4H3,(H,34,35)/t19-,21+,22-,23-,24+,28+,29-,30-/m0/s1. The summed E-state index contributed by atoms with van der Waals surface area (Å²) in [5.74, 6) is -0.668. The number of rotatable bonds is 3. The van der Waals surface area contributed by atoms with Crippen molar-refractivity contribution in [2.24, 2.45) is 51.8 Å². The average Bonchev–Trinajstić information content (AvgIpc) is 3.11. The Morgan fingerprint density at radius 1 is 1.03 bits per heavy atom. The first-order valence-electron chi connectivity index (χ1n) is 13.4. The van der Waals surface area contributed by atoms with Crippen LogP contribution in [0.25, 0.3) is 0 Å². The lowest BCUT2D eigenvalue weighted by Crippen LogP contribution is -2.65. The van der Waals surface area contributed by atoms with Gasteiger partial charge in [0.05, 0.1) is 22.9 Å². The van der Waals surface area contributed by atoms with Gasteiger partial charge in [-0.2, -0.15) is 0 Å². The summed E-state index contributed by atoms with van der Waals surface area (Å²) >= 11 is 0. The number of hydrogen-bond acceptors (Lipinski definition) is 3. The summed E-state index contributed by atoms with van der Waals surface area (Å²) < 4.78 is 0. The molecule has 35 heavy (non-hydrogen) atoms.